The summed E-state index contributed by atoms with van der Waals surface area (Å²) in [6.45, 7) is 6.19. The van der Waals surface area contributed by atoms with E-state index in [1.54, 1.807) is 11.1 Å². The van der Waals surface area contributed by atoms with Crippen molar-refractivity contribution in [1.82, 2.24) is 14.8 Å². The topological polar surface area (TPSA) is 51.0 Å². The predicted octanol–water partition coefficient (Wildman–Crippen LogP) is 3.46. The molecule has 1 unspecified atom stereocenters. The largest absolute Gasteiger partial charge is 0.308 e. The van der Waals surface area contributed by atoms with Gasteiger partial charge in [-0.2, -0.15) is 5.10 Å². The summed E-state index contributed by atoms with van der Waals surface area (Å²) < 4.78 is 14.7. The van der Waals surface area contributed by atoms with Gasteiger partial charge in [-0.1, -0.05) is 25.4 Å². The molecule has 118 valence electrons. The molecular weight excluding hydrogens is 307 g/mol. The summed E-state index contributed by atoms with van der Waals surface area (Å²) in [6.07, 6.45) is 4.95. The van der Waals surface area contributed by atoms with Crippen molar-refractivity contribution in [1.29, 1.82) is 0 Å². The lowest BCUT2D eigenvalue weighted by molar-refractivity contribution is -0.121. The number of carbonyl (C=O) groups excluding carboxylic acids is 1. The van der Waals surface area contributed by atoms with Crippen molar-refractivity contribution in [3.05, 3.63) is 35.6 Å². The first-order valence-corrected chi connectivity index (χ1v) is 7.53. The van der Waals surface area contributed by atoms with Crippen molar-refractivity contribution >= 4 is 23.2 Å². The third kappa shape index (κ3) is 3.27. The summed E-state index contributed by atoms with van der Waals surface area (Å²) >= 11 is 6.16. The number of hydrogen-bond acceptors (Lipinski definition) is 3. The fraction of sp³-hybridized carbons (Fsp3) is 0.400. The van der Waals surface area contributed by atoms with Crippen LogP contribution in [0, 0.1) is 11.7 Å². The maximum Gasteiger partial charge on any atom is 0.229 e. The standard InChI is InChI=1S/C15H18ClFN4O/c1-4-10(3)15(22)20(5-2)13-9-21(19-14(13)16)12-6-11(17)7-18-8-12/h6-10H,4-5H2,1-3H3. The lowest BCUT2D eigenvalue weighted by atomic mass is 10.1. The van der Waals surface area contributed by atoms with Gasteiger partial charge in [-0.05, 0) is 13.3 Å². The van der Waals surface area contributed by atoms with Crippen molar-refractivity contribution in [2.24, 2.45) is 5.92 Å². The van der Waals surface area contributed by atoms with Gasteiger partial charge in [-0.25, -0.2) is 9.07 Å². The molecule has 0 aliphatic heterocycles. The minimum Gasteiger partial charge on any atom is -0.308 e. The summed E-state index contributed by atoms with van der Waals surface area (Å²) in [7, 11) is 0. The molecule has 2 heterocycles. The van der Waals surface area contributed by atoms with Gasteiger partial charge < -0.3 is 4.90 Å². The first-order chi connectivity index (χ1) is 10.5. The molecule has 0 fully saturated rings. The monoisotopic (exact) mass is 324 g/mol. The molecule has 0 aliphatic carbocycles. The Balaban J connectivity index is 2.38. The zero-order valence-corrected chi connectivity index (χ0v) is 13.5. The van der Waals surface area contributed by atoms with E-state index in [1.165, 1.54) is 16.9 Å². The predicted molar refractivity (Wildman–Crippen MR) is 83.8 cm³/mol. The van der Waals surface area contributed by atoms with Crippen LogP contribution >= 0.6 is 11.6 Å². The van der Waals surface area contributed by atoms with E-state index in [1.807, 2.05) is 20.8 Å². The van der Waals surface area contributed by atoms with Crippen molar-refractivity contribution in [2.75, 3.05) is 11.4 Å². The Bertz CT molecular complexity index is 673. The summed E-state index contributed by atoms with van der Waals surface area (Å²) in [5, 5.41) is 4.34. The highest BCUT2D eigenvalue weighted by Crippen LogP contribution is 2.27. The average molecular weight is 325 g/mol. The van der Waals surface area contributed by atoms with Crippen molar-refractivity contribution in [3.63, 3.8) is 0 Å². The van der Waals surface area contributed by atoms with E-state index in [4.69, 9.17) is 11.6 Å². The van der Waals surface area contributed by atoms with Gasteiger partial charge in [-0.3, -0.25) is 9.78 Å². The molecule has 1 amide bonds. The average Bonchev–Trinajstić information content (AvgIpc) is 2.89. The Morgan fingerprint density at radius 3 is 2.77 bits per heavy atom. The van der Waals surface area contributed by atoms with Crippen LogP contribution < -0.4 is 4.90 Å². The number of nitrogens with zero attached hydrogens (tertiary/aromatic N) is 4. The molecule has 22 heavy (non-hydrogen) atoms. The summed E-state index contributed by atoms with van der Waals surface area (Å²) in [5.74, 6) is -0.576. The van der Waals surface area contributed by atoms with Gasteiger partial charge in [0.1, 0.15) is 11.5 Å². The number of amides is 1. The van der Waals surface area contributed by atoms with Crippen LogP contribution in [0.3, 0.4) is 0 Å². The quantitative estimate of drug-likeness (QED) is 0.846. The van der Waals surface area contributed by atoms with Gasteiger partial charge >= 0.3 is 0 Å². The van der Waals surface area contributed by atoms with Gasteiger partial charge in [-0.15, -0.1) is 0 Å². The molecule has 0 N–H and O–H groups in total. The van der Waals surface area contributed by atoms with Crippen LogP contribution in [0.15, 0.2) is 24.7 Å². The second-order valence-corrected chi connectivity index (χ2v) is 5.36. The van der Waals surface area contributed by atoms with Crippen LogP contribution in [0.2, 0.25) is 5.15 Å². The van der Waals surface area contributed by atoms with Crippen molar-refractivity contribution in [2.45, 2.75) is 27.2 Å². The molecule has 7 heteroatoms. The number of rotatable bonds is 5. The smallest absolute Gasteiger partial charge is 0.229 e. The van der Waals surface area contributed by atoms with Gasteiger partial charge in [0.05, 0.1) is 24.3 Å². The van der Waals surface area contributed by atoms with E-state index < -0.39 is 5.82 Å². The molecule has 1 atom stereocenters. The molecule has 0 aromatic carbocycles. The zero-order chi connectivity index (χ0) is 16.3. The molecule has 5 nitrogen and oxygen atoms in total. The third-order valence-corrected chi connectivity index (χ3v) is 3.78. The van der Waals surface area contributed by atoms with Crippen LogP contribution in [-0.4, -0.2) is 27.2 Å². The number of hydrogen-bond donors (Lipinski definition) is 0. The first kappa shape index (κ1) is 16.4. The van der Waals surface area contributed by atoms with E-state index in [2.05, 4.69) is 10.1 Å². The van der Waals surface area contributed by atoms with Crippen LogP contribution in [0.4, 0.5) is 10.1 Å². The second kappa shape index (κ2) is 6.87. The molecule has 0 radical (unpaired) electrons. The maximum absolute atomic E-state index is 13.3. The molecule has 0 saturated carbocycles. The fourth-order valence-corrected chi connectivity index (χ4v) is 2.30. The van der Waals surface area contributed by atoms with Crippen LogP contribution in [0.1, 0.15) is 27.2 Å². The van der Waals surface area contributed by atoms with Gasteiger partial charge in [0.15, 0.2) is 5.15 Å². The minimum absolute atomic E-state index is 0.0104. The van der Waals surface area contributed by atoms with Gasteiger partial charge in [0.25, 0.3) is 0 Å². The van der Waals surface area contributed by atoms with E-state index >= 15 is 0 Å². The number of carbonyl (C=O) groups is 1. The molecule has 2 aromatic rings. The van der Waals surface area contributed by atoms with E-state index in [0.717, 1.165) is 12.6 Å². The van der Waals surface area contributed by atoms with E-state index in [0.29, 0.717) is 17.9 Å². The minimum atomic E-state index is -0.464. The number of pyridine rings is 1. The Labute approximate surface area is 133 Å². The van der Waals surface area contributed by atoms with E-state index in [-0.39, 0.29) is 17.0 Å². The highest BCUT2D eigenvalue weighted by atomic mass is 35.5. The lowest BCUT2D eigenvalue weighted by Crippen LogP contribution is -2.34. The molecule has 2 rings (SSSR count). The molecule has 0 spiro atoms. The van der Waals surface area contributed by atoms with Crippen LogP contribution in [0.5, 0.6) is 0 Å². The summed E-state index contributed by atoms with van der Waals surface area (Å²) in [5.41, 5.74) is 0.957. The van der Waals surface area contributed by atoms with Gasteiger partial charge in [0.2, 0.25) is 5.91 Å². The number of aromatic nitrogens is 3. The summed E-state index contributed by atoms with van der Waals surface area (Å²) in [4.78, 5) is 17.8. The highest BCUT2D eigenvalue weighted by Gasteiger charge is 2.23. The number of halogens is 2. The van der Waals surface area contributed by atoms with Crippen molar-refractivity contribution < 1.29 is 9.18 Å². The molecule has 0 saturated heterocycles. The zero-order valence-electron chi connectivity index (χ0n) is 12.8. The molecule has 0 aliphatic rings. The molecule has 0 bridgehead atoms. The lowest BCUT2D eigenvalue weighted by Gasteiger charge is -2.22. The Morgan fingerprint density at radius 1 is 1.45 bits per heavy atom. The van der Waals surface area contributed by atoms with Crippen molar-refractivity contribution in [3.8, 4) is 5.69 Å². The molecule has 2 aromatic heterocycles. The fourth-order valence-electron chi connectivity index (χ4n) is 2.07. The first-order valence-electron chi connectivity index (χ1n) is 7.15. The van der Waals surface area contributed by atoms with Crippen LogP contribution in [0.25, 0.3) is 5.69 Å². The normalized spacial score (nSPS) is 12.2. The Kier molecular flexibility index (Phi) is 5.13. The summed E-state index contributed by atoms with van der Waals surface area (Å²) in [6, 6.07) is 1.30. The van der Waals surface area contributed by atoms with Crippen LogP contribution in [-0.2, 0) is 4.79 Å². The maximum atomic E-state index is 13.3. The number of anilines is 1. The third-order valence-electron chi connectivity index (χ3n) is 3.51. The molecular formula is C15H18ClFN4O. The Morgan fingerprint density at radius 2 is 2.18 bits per heavy atom. The second-order valence-electron chi connectivity index (χ2n) is 5.00. The highest BCUT2D eigenvalue weighted by molar-refractivity contribution is 6.32. The Hall–Kier alpha value is -1.95. The van der Waals surface area contributed by atoms with Gasteiger partial charge in [0, 0.05) is 18.5 Å². The van der Waals surface area contributed by atoms with E-state index in [9.17, 15) is 9.18 Å². The SMILES string of the molecule is CCC(C)C(=O)N(CC)c1cn(-c2cncc(F)c2)nc1Cl.